The number of hydrogen-bond donors (Lipinski definition) is 3. The van der Waals surface area contributed by atoms with Crippen molar-refractivity contribution in [3.63, 3.8) is 0 Å². The third-order valence-corrected chi connectivity index (χ3v) is 3.37. The van der Waals surface area contributed by atoms with Gasteiger partial charge in [-0.3, -0.25) is 10.1 Å². The number of aliphatic carboxylic acids is 1. The van der Waals surface area contributed by atoms with Crippen LogP contribution in [0.3, 0.4) is 0 Å². The number of nitrogens with one attached hydrogen (secondary N) is 2. The summed E-state index contributed by atoms with van der Waals surface area (Å²) in [6, 6.07) is 0.481. The Hall–Kier alpha value is -0.0300. The van der Waals surface area contributed by atoms with Crippen molar-refractivity contribution in [2.75, 3.05) is 6.67 Å². The first kappa shape index (κ1) is 12.0. The van der Waals surface area contributed by atoms with E-state index in [9.17, 15) is 4.79 Å². The first-order valence-corrected chi connectivity index (χ1v) is 4.96. The van der Waals surface area contributed by atoms with Crippen LogP contribution < -0.4 is 10.6 Å². The fourth-order valence-corrected chi connectivity index (χ4v) is 2.69. The van der Waals surface area contributed by atoms with E-state index >= 15 is 0 Å². The number of carboxylic acids is 1. The van der Waals surface area contributed by atoms with Crippen LogP contribution in [-0.4, -0.2) is 35.2 Å². The molecule has 1 saturated carbocycles. The zero-order valence-corrected chi connectivity index (χ0v) is 9.14. The Morgan fingerprint density at radius 1 is 1.36 bits per heavy atom. The Labute approximate surface area is 93.8 Å². The minimum Gasteiger partial charge on any atom is -0.481 e. The Morgan fingerprint density at radius 2 is 2.07 bits per heavy atom. The standard InChI is InChI=1S/C8H13ClN2O2.ClH/c9-5-1-4(8(12)13)2-6-7(5)11-3-10-6;/h4-7,10-11H,1-3H2,(H,12,13);1H. The molecule has 2 aliphatic rings. The largest absolute Gasteiger partial charge is 0.481 e. The molecule has 1 aliphatic carbocycles. The van der Waals surface area contributed by atoms with E-state index in [1.165, 1.54) is 0 Å². The predicted molar refractivity (Wildman–Crippen MR) is 56.0 cm³/mol. The van der Waals surface area contributed by atoms with E-state index in [1.807, 2.05) is 0 Å². The first-order valence-electron chi connectivity index (χ1n) is 4.52. The second-order valence-corrected chi connectivity index (χ2v) is 4.30. The molecular weight excluding hydrogens is 227 g/mol. The van der Waals surface area contributed by atoms with Gasteiger partial charge >= 0.3 is 5.97 Å². The Bertz CT molecular complexity index is 227. The topological polar surface area (TPSA) is 61.4 Å². The van der Waals surface area contributed by atoms with Gasteiger partial charge in [-0.1, -0.05) is 0 Å². The van der Waals surface area contributed by atoms with Gasteiger partial charge in [0, 0.05) is 18.8 Å². The maximum atomic E-state index is 10.8. The number of rotatable bonds is 1. The van der Waals surface area contributed by atoms with Gasteiger partial charge < -0.3 is 10.4 Å². The van der Waals surface area contributed by atoms with Crippen molar-refractivity contribution in [2.45, 2.75) is 30.3 Å². The summed E-state index contributed by atoms with van der Waals surface area (Å²) < 4.78 is 0. The predicted octanol–water partition coefficient (Wildman–Crippen LogP) is 0.398. The molecule has 1 saturated heterocycles. The van der Waals surface area contributed by atoms with Crippen LogP contribution in [0.1, 0.15) is 12.8 Å². The molecule has 3 N–H and O–H groups in total. The molecule has 4 unspecified atom stereocenters. The van der Waals surface area contributed by atoms with Crippen LogP contribution in [-0.2, 0) is 4.79 Å². The van der Waals surface area contributed by atoms with Crippen molar-refractivity contribution in [1.29, 1.82) is 0 Å². The van der Waals surface area contributed by atoms with E-state index in [0.29, 0.717) is 12.8 Å². The first-order chi connectivity index (χ1) is 6.18. The van der Waals surface area contributed by atoms with Gasteiger partial charge in [0.15, 0.2) is 0 Å². The molecule has 0 amide bonds. The molecular formula is C8H14Cl2N2O2. The average molecular weight is 241 g/mol. The van der Waals surface area contributed by atoms with E-state index in [2.05, 4.69) is 10.6 Å². The number of halogens is 2. The smallest absolute Gasteiger partial charge is 0.306 e. The van der Waals surface area contributed by atoms with Gasteiger partial charge in [-0.05, 0) is 12.8 Å². The second-order valence-electron chi connectivity index (χ2n) is 3.74. The number of carbonyl (C=O) groups is 1. The van der Waals surface area contributed by atoms with Crippen LogP contribution in [0.15, 0.2) is 0 Å². The molecule has 82 valence electrons. The van der Waals surface area contributed by atoms with E-state index < -0.39 is 5.97 Å². The van der Waals surface area contributed by atoms with E-state index in [0.717, 1.165) is 6.67 Å². The van der Waals surface area contributed by atoms with E-state index in [1.54, 1.807) is 0 Å². The number of carboxylic acid groups (broad SMARTS) is 1. The van der Waals surface area contributed by atoms with Crippen LogP contribution in [0.5, 0.6) is 0 Å². The lowest BCUT2D eigenvalue weighted by molar-refractivity contribution is -0.143. The van der Waals surface area contributed by atoms with Crippen LogP contribution in [0.2, 0.25) is 0 Å². The Kier molecular flexibility index (Phi) is 4.01. The fraction of sp³-hybridized carbons (Fsp3) is 0.875. The minimum absolute atomic E-state index is 0. The highest BCUT2D eigenvalue weighted by molar-refractivity contribution is 6.21. The van der Waals surface area contributed by atoms with E-state index in [4.69, 9.17) is 16.7 Å². The lowest BCUT2D eigenvalue weighted by atomic mass is 9.83. The molecule has 1 heterocycles. The van der Waals surface area contributed by atoms with Gasteiger partial charge in [0.05, 0.1) is 11.3 Å². The Morgan fingerprint density at radius 3 is 2.71 bits per heavy atom. The van der Waals surface area contributed by atoms with Crippen molar-refractivity contribution in [1.82, 2.24) is 10.6 Å². The molecule has 6 heteroatoms. The summed E-state index contributed by atoms with van der Waals surface area (Å²) in [5.41, 5.74) is 0. The van der Waals surface area contributed by atoms with Gasteiger partial charge in [-0.15, -0.1) is 24.0 Å². The average Bonchev–Trinajstić information content (AvgIpc) is 2.51. The zero-order valence-electron chi connectivity index (χ0n) is 7.57. The van der Waals surface area contributed by atoms with Crippen molar-refractivity contribution in [3.8, 4) is 0 Å². The second kappa shape index (κ2) is 4.66. The molecule has 1 aliphatic heterocycles. The van der Waals surface area contributed by atoms with Crippen LogP contribution in [0, 0.1) is 5.92 Å². The van der Waals surface area contributed by atoms with Gasteiger partial charge in [-0.25, -0.2) is 0 Å². The maximum Gasteiger partial charge on any atom is 0.306 e. The summed E-state index contributed by atoms with van der Waals surface area (Å²) in [5.74, 6) is -1.01. The highest BCUT2D eigenvalue weighted by atomic mass is 35.5. The van der Waals surface area contributed by atoms with Gasteiger partial charge in [0.25, 0.3) is 0 Å². The number of alkyl halides is 1. The lowest BCUT2D eigenvalue weighted by Crippen LogP contribution is -2.48. The highest BCUT2D eigenvalue weighted by Gasteiger charge is 2.41. The molecule has 0 aromatic heterocycles. The number of hydrogen-bond acceptors (Lipinski definition) is 3. The van der Waals surface area contributed by atoms with Gasteiger partial charge in [-0.2, -0.15) is 0 Å². The summed E-state index contributed by atoms with van der Waals surface area (Å²) in [4.78, 5) is 10.8. The van der Waals surface area contributed by atoms with Crippen molar-refractivity contribution >= 4 is 30.0 Å². The van der Waals surface area contributed by atoms with Crippen LogP contribution in [0.4, 0.5) is 0 Å². The highest BCUT2D eigenvalue weighted by Crippen LogP contribution is 2.30. The zero-order chi connectivity index (χ0) is 9.42. The summed E-state index contributed by atoms with van der Waals surface area (Å²) in [7, 11) is 0. The van der Waals surface area contributed by atoms with E-state index in [-0.39, 0.29) is 35.8 Å². The summed E-state index contributed by atoms with van der Waals surface area (Å²) in [6.45, 7) is 0.741. The monoisotopic (exact) mass is 240 g/mol. The fourth-order valence-electron chi connectivity index (χ4n) is 2.21. The molecule has 0 bridgehead atoms. The third kappa shape index (κ3) is 2.14. The molecule has 2 rings (SSSR count). The molecule has 2 fully saturated rings. The normalized spacial score (nSPS) is 41.2. The van der Waals surface area contributed by atoms with Crippen LogP contribution in [0.25, 0.3) is 0 Å². The molecule has 0 aromatic rings. The van der Waals surface area contributed by atoms with Crippen molar-refractivity contribution in [2.24, 2.45) is 5.92 Å². The SMILES string of the molecule is Cl.O=C(O)C1CC(Cl)C2NCNC2C1. The van der Waals surface area contributed by atoms with Crippen molar-refractivity contribution in [3.05, 3.63) is 0 Å². The summed E-state index contributed by atoms with van der Waals surface area (Å²) in [6.07, 6.45) is 1.27. The number of fused-ring (bicyclic) bond motifs is 1. The molecule has 4 nitrogen and oxygen atoms in total. The molecule has 0 radical (unpaired) electrons. The molecule has 0 spiro atoms. The molecule has 0 aromatic carbocycles. The van der Waals surface area contributed by atoms with Gasteiger partial charge in [0.1, 0.15) is 0 Å². The van der Waals surface area contributed by atoms with Crippen LogP contribution >= 0.6 is 24.0 Å². The summed E-state index contributed by atoms with van der Waals surface area (Å²) >= 11 is 6.09. The van der Waals surface area contributed by atoms with Gasteiger partial charge in [0.2, 0.25) is 0 Å². The minimum atomic E-state index is -0.724. The maximum absolute atomic E-state index is 10.8. The third-order valence-electron chi connectivity index (χ3n) is 2.92. The quantitative estimate of drug-likeness (QED) is 0.581. The molecule has 4 atom stereocenters. The molecule has 14 heavy (non-hydrogen) atoms. The summed E-state index contributed by atoms with van der Waals surface area (Å²) in [5, 5.41) is 15.3. The lowest BCUT2D eigenvalue weighted by Gasteiger charge is -2.32. The Balaban J connectivity index is 0.000000980. The van der Waals surface area contributed by atoms with Crippen molar-refractivity contribution < 1.29 is 9.90 Å².